The van der Waals surface area contributed by atoms with Crippen LogP contribution in [0.2, 0.25) is 0 Å². The maximum absolute atomic E-state index is 12.7. The van der Waals surface area contributed by atoms with Gasteiger partial charge in [-0.1, -0.05) is 26.0 Å². The lowest BCUT2D eigenvalue weighted by Crippen LogP contribution is -2.41. The number of hydrogen-bond acceptors (Lipinski definition) is 5. The average Bonchev–Trinajstić information content (AvgIpc) is 3.07. The number of hydrogen-bond donors (Lipinski definition) is 0. The third-order valence-electron chi connectivity index (χ3n) is 4.72. The Kier molecular flexibility index (Phi) is 5.96. The summed E-state index contributed by atoms with van der Waals surface area (Å²) < 4.78 is 1.93. The zero-order valence-corrected chi connectivity index (χ0v) is 15.9. The van der Waals surface area contributed by atoms with Crippen LogP contribution in [-0.4, -0.2) is 48.9 Å². The van der Waals surface area contributed by atoms with E-state index in [9.17, 15) is 4.79 Å². The monoisotopic (exact) mass is 356 g/mol. The lowest BCUT2D eigenvalue weighted by molar-refractivity contribution is 0.0658. The highest BCUT2D eigenvalue weighted by atomic mass is 16.2. The van der Waals surface area contributed by atoms with Gasteiger partial charge in [-0.15, -0.1) is 5.10 Å². The van der Waals surface area contributed by atoms with Crippen LogP contribution < -0.4 is 0 Å². The van der Waals surface area contributed by atoms with Crippen LogP contribution in [0.3, 0.4) is 0 Å². The molecule has 1 fully saturated rings. The zero-order chi connectivity index (χ0) is 18.5. The van der Waals surface area contributed by atoms with Crippen molar-refractivity contribution in [2.75, 3.05) is 13.1 Å². The standard InChI is InChI=1S/C19H28N6O/c1-4-18-20-9-16(10-21-18)19(26)24-7-5-6-15(11-24)12-25-13-17(22-23-25)8-14(2)3/h9-10,13-15H,4-8,11-12H2,1-3H3. The van der Waals surface area contributed by atoms with Crippen molar-refractivity contribution >= 4 is 5.91 Å². The van der Waals surface area contributed by atoms with E-state index in [1.807, 2.05) is 22.7 Å². The van der Waals surface area contributed by atoms with Crippen LogP contribution >= 0.6 is 0 Å². The number of aryl methyl sites for hydroxylation is 1. The highest BCUT2D eigenvalue weighted by molar-refractivity contribution is 5.93. The van der Waals surface area contributed by atoms with E-state index in [2.05, 4.69) is 34.1 Å². The van der Waals surface area contributed by atoms with Crippen LogP contribution in [0.25, 0.3) is 0 Å². The van der Waals surface area contributed by atoms with Crippen LogP contribution in [-0.2, 0) is 19.4 Å². The Bertz CT molecular complexity index is 724. The van der Waals surface area contributed by atoms with Crippen molar-refractivity contribution in [1.29, 1.82) is 0 Å². The Morgan fingerprint density at radius 1 is 1.31 bits per heavy atom. The average molecular weight is 356 g/mol. The van der Waals surface area contributed by atoms with Crippen LogP contribution in [0.1, 0.15) is 55.5 Å². The van der Waals surface area contributed by atoms with Gasteiger partial charge in [0.1, 0.15) is 5.82 Å². The molecule has 1 saturated heterocycles. The second-order valence-corrected chi connectivity index (χ2v) is 7.53. The zero-order valence-electron chi connectivity index (χ0n) is 15.9. The number of aromatic nitrogens is 5. The summed E-state index contributed by atoms with van der Waals surface area (Å²) in [7, 11) is 0. The Morgan fingerprint density at radius 2 is 2.08 bits per heavy atom. The van der Waals surface area contributed by atoms with E-state index in [1.54, 1.807) is 12.4 Å². The Balaban J connectivity index is 1.59. The van der Waals surface area contributed by atoms with Crippen molar-refractivity contribution < 1.29 is 4.79 Å². The largest absolute Gasteiger partial charge is 0.338 e. The second-order valence-electron chi connectivity index (χ2n) is 7.53. The van der Waals surface area contributed by atoms with E-state index < -0.39 is 0 Å². The predicted octanol–water partition coefficient (Wildman–Crippen LogP) is 2.38. The minimum atomic E-state index is 0.0245. The summed E-state index contributed by atoms with van der Waals surface area (Å²) >= 11 is 0. The molecule has 0 saturated carbocycles. The van der Waals surface area contributed by atoms with Gasteiger partial charge in [-0.3, -0.25) is 9.48 Å². The van der Waals surface area contributed by atoms with Gasteiger partial charge in [0.15, 0.2) is 0 Å². The topological polar surface area (TPSA) is 76.8 Å². The van der Waals surface area contributed by atoms with Crippen molar-refractivity contribution in [2.45, 2.75) is 53.0 Å². The third-order valence-corrected chi connectivity index (χ3v) is 4.72. The van der Waals surface area contributed by atoms with Crippen molar-refractivity contribution in [3.05, 3.63) is 35.7 Å². The van der Waals surface area contributed by atoms with E-state index >= 15 is 0 Å². The minimum Gasteiger partial charge on any atom is -0.338 e. The van der Waals surface area contributed by atoms with Crippen LogP contribution in [0.5, 0.6) is 0 Å². The molecule has 0 bridgehead atoms. The highest BCUT2D eigenvalue weighted by Gasteiger charge is 2.25. The van der Waals surface area contributed by atoms with Crippen LogP contribution in [0.4, 0.5) is 0 Å². The van der Waals surface area contributed by atoms with Gasteiger partial charge < -0.3 is 4.90 Å². The molecule has 2 aromatic heterocycles. The molecule has 0 aromatic carbocycles. The molecular formula is C19H28N6O. The number of piperidine rings is 1. The normalized spacial score (nSPS) is 17.7. The van der Waals surface area contributed by atoms with Gasteiger partial charge in [0.25, 0.3) is 5.91 Å². The van der Waals surface area contributed by atoms with E-state index in [-0.39, 0.29) is 5.91 Å². The molecule has 3 heterocycles. The van der Waals surface area contributed by atoms with Crippen molar-refractivity contribution in [2.24, 2.45) is 11.8 Å². The molecule has 1 atom stereocenters. The van der Waals surface area contributed by atoms with Gasteiger partial charge in [-0.25, -0.2) is 9.97 Å². The smallest absolute Gasteiger partial charge is 0.257 e. The number of amides is 1. The summed E-state index contributed by atoms with van der Waals surface area (Å²) in [4.78, 5) is 23.1. The molecule has 1 amide bonds. The quantitative estimate of drug-likeness (QED) is 0.794. The lowest BCUT2D eigenvalue weighted by atomic mass is 9.97. The summed E-state index contributed by atoms with van der Waals surface area (Å²) in [5.41, 5.74) is 1.61. The number of nitrogens with zero attached hydrogens (tertiary/aromatic N) is 6. The number of likely N-dealkylation sites (tertiary alicyclic amines) is 1. The fourth-order valence-corrected chi connectivity index (χ4v) is 3.43. The molecule has 0 radical (unpaired) electrons. The van der Waals surface area contributed by atoms with E-state index in [0.29, 0.717) is 17.4 Å². The fraction of sp³-hybridized carbons (Fsp3) is 0.632. The van der Waals surface area contributed by atoms with E-state index in [0.717, 1.165) is 56.8 Å². The van der Waals surface area contributed by atoms with Crippen LogP contribution in [0, 0.1) is 11.8 Å². The molecule has 7 heteroatoms. The molecule has 7 nitrogen and oxygen atoms in total. The minimum absolute atomic E-state index is 0.0245. The van der Waals surface area contributed by atoms with Gasteiger partial charge >= 0.3 is 0 Å². The van der Waals surface area contributed by atoms with Crippen molar-refractivity contribution in [1.82, 2.24) is 29.9 Å². The molecule has 1 aliphatic heterocycles. The first-order valence-corrected chi connectivity index (χ1v) is 9.54. The molecule has 26 heavy (non-hydrogen) atoms. The number of carbonyl (C=O) groups excluding carboxylic acids is 1. The molecule has 1 aliphatic rings. The van der Waals surface area contributed by atoms with Gasteiger partial charge in [-0.2, -0.15) is 0 Å². The molecule has 140 valence electrons. The van der Waals surface area contributed by atoms with E-state index in [4.69, 9.17) is 0 Å². The lowest BCUT2D eigenvalue weighted by Gasteiger charge is -2.32. The molecular weight excluding hydrogens is 328 g/mol. The fourth-order valence-electron chi connectivity index (χ4n) is 3.43. The second kappa shape index (κ2) is 8.38. The summed E-state index contributed by atoms with van der Waals surface area (Å²) in [6, 6.07) is 0. The van der Waals surface area contributed by atoms with Crippen molar-refractivity contribution in [3.8, 4) is 0 Å². The van der Waals surface area contributed by atoms with Gasteiger partial charge in [0.2, 0.25) is 0 Å². The van der Waals surface area contributed by atoms with Gasteiger partial charge in [-0.05, 0) is 31.1 Å². The Morgan fingerprint density at radius 3 is 2.77 bits per heavy atom. The molecule has 2 aromatic rings. The predicted molar refractivity (Wildman–Crippen MR) is 98.6 cm³/mol. The Labute approximate surface area is 154 Å². The summed E-state index contributed by atoms with van der Waals surface area (Å²) in [5, 5.41) is 8.51. The molecule has 3 rings (SSSR count). The van der Waals surface area contributed by atoms with Gasteiger partial charge in [0.05, 0.1) is 11.3 Å². The molecule has 0 spiro atoms. The highest BCUT2D eigenvalue weighted by Crippen LogP contribution is 2.20. The third kappa shape index (κ3) is 4.65. The first kappa shape index (κ1) is 18.5. The summed E-state index contributed by atoms with van der Waals surface area (Å²) in [6.45, 7) is 8.71. The maximum Gasteiger partial charge on any atom is 0.257 e. The number of rotatable bonds is 6. The van der Waals surface area contributed by atoms with E-state index in [1.165, 1.54) is 0 Å². The van der Waals surface area contributed by atoms with Crippen LogP contribution in [0.15, 0.2) is 18.6 Å². The first-order valence-electron chi connectivity index (χ1n) is 9.54. The van der Waals surface area contributed by atoms with Crippen molar-refractivity contribution in [3.63, 3.8) is 0 Å². The maximum atomic E-state index is 12.7. The Hall–Kier alpha value is -2.31. The summed E-state index contributed by atoms with van der Waals surface area (Å²) in [6.07, 6.45) is 9.17. The molecule has 0 N–H and O–H groups in total. The molecule has 1 unspecified atom stereocenters. The number of carbonyl (C=O) groups is 1. The summed E-state index contributed by atoms with van der Waals surface area (Å²) in [5.74, 6) is 1.76. The van der Waals surface area contributed by atoms with Gasteiger partial charge in [0, 0.05) is 44.6 Å². The SMILES string of the molecule is CCc1ncc(C(=O)N2CCCC(Cn3cc(CC(C)C)nn3)C2)cn1. The first-order chi connectivity index (χ1) is 12.5. The molecule has 0 aliphatic carbocycles.